The Morgan fingerprint density at radius 2 is 1.82 bits per heavy atom. The molecule has 0 aromatic heterocycles. The molecule has 1 aromatic rings. The Morgan fingerprint density at radius 3 is 2.41 bits per heavy atom. The van der Waals surface area contributed by atoms with E-state index < -0.39 is 10.0 Å². The van der Waals surface area contributed by atoms with Gasteiger partial charge < -0.3 is 15.2 Å². The highest BCUT2D eigenvalue weighted by molar-refractivity contribution is 7.89. The van der Waals surface area contributed by atoms with E-state index in [1.807, 2.05) is 6.92 Å². The lowest BCUT2D eigenvalue weighted by Crippen LogP contribution is -2.42. The first-order chi connectivity index (χ1) is 10.5. The van der Waals surface area contributed by atoms with Crippen molar-refractivity contribution < 1.29 is 17.9 Å². The molecule has 0 saturated carbocycles. The molecule has 124 valence electrons. The van der Waals surface area contributed by atoms with Gasteiger partial charge in [-0.1, -0.05) is 0 Å². The van der Waals surface area contributed by atoms with Gasteiger partial charge in [-0.2, -0.15) is 4.31 Å². The maximum absolute atomic E-state index is 12.5. The SMILES string of the molecule is CCOCCOc1ccc(S(=O)(=O)N2CCC(N)CC2)cc1. The van der Waals surface area contributed by atoms with Crippen LogP contribution in [0.4, 0.5) is 0 Å². The molecule has 0 radical (unpaired) electrons. The number of hydrogen-bond acceptors (Lipinski definition) is 5. The summed E-state index contributed by atoms with van der Waals surface area (Å²) in [6.45, 7) is 4.51. The zero-order valence-electron chi connectivity index (χ0n) is 12.9. The average Bonchev–Trinajstić information content (AvgIpc) is 2.52. The Hall–Kier alpha value is -1.15. The number of nitrogens with two attached hydrogens (primary N) is 1. The quantitative estimate of drug-likeness (QED) is 0.761. The third-order valence-electron chi connectivity index (χ3n) is 3.66. The van der Waals surface area contributed by atoms with Crippen molar-refractivity contribution in [2.24, 2.45) is 5.73 Å². The molecule has 1 aromatic carbocycles. The summed E-state index contributed by atoms with van der Waals surface area (Å²) in [6.07, 6.45) is 1.41. The van der Waals surface area contributed by atoms with Gasteiger partial charge in [0.15, 0.2) is 0 Å². The standard InChI is InChI=1S/C15H24N2O4S/c1-2-20-11-12-21-14-3-5-15(6-4-14)22(18,19)17-9-7-13(16)8-10-17/h3-6,13H,2,7-12,16H2,1H3. The van der Waals surface area contributed by atoms with Gasteiger partial charge in [0, 0.05) is 25.7 Å². The monoisotopic (exact) mass is 328 g/mol. The lowest BCUT2D eigenvalue weighted by atomic mass is 10.1. The van der Waals surface area contributed by atoms with E-state index in [0.29, 0.717) is 56.4 Å². The van der Waals surface area contributed by atoms with Crippen LogP contribution in [0.15, 0.2) is 29.2 Å². The zero-order chi connectivity index (χ0) is 16.0. The van der Waals surface area contributed by atoms with Crippen LogP contribution in [-0.4, -0.2) is 51.7 Å². The maximum Gasteiger partial charge on any atom is 0.243 e. The zero-order valence-corrected chi connectivity index (χ0v) is 13.7. The van der Waals surface area contributed by atoms with Crippen LogP contribution in [-0.2, 0) is 14.8 Å². The Morgan fingerprint density at radius 1 is 1.18 bits per heavy atom. The minimum Gasteiger partial charge on any atom is -0.491 e. The van der Waals surface area contributed by atoms with Gasteiger partial charge in [0.2, 0.25) is 10.0 Å². The molecule has 1 heterocycles. The molecular formula is C15H24N2O4S. The van der Waals surface area contributed by atoms with E-state index in [9.17, 15) is 8.42 Å². The largest absolute Gasteiger partial charge is 0.491 e. The second kappa shape index (κ2) is 7.92. The van der Waals surface area contributed by atoms with Crippen LogP contribution in [0.3, 0.4) is 0 Å². The third kappa shape index (κ3) is 4.42. The van der Waals surface area contributed by atoms with E-state index in [-0.39, 0.29) is 6.04 Å². The number of piperidine rings is 1. The molecule has 1 aliphatic heterocycles. The Labute approximate surface area is 132 Å². The molecule has 1 aliphatic rings. The molecule has 1 fully saturated rings. The predicted octanol–water partition coefficient (Wildman–Crippen LogP) is 1.21. The number of nitrogens with zero attached hydrogens (tertiary/aromatic N) is 1. The highest BCUT2D eigenvalue weighted by atomic mass is 32.2. The van der Waals surface area contributed by atoms with E-state index in [1.165, 1.54) is 4.31 Å². The van der Waals surface area contributed by atoms with Crippen LogP contribution in [0.1, 0.15) is 19.8 Å². The fourth-order valence-electron chi connectivity index (χ4n) is 2.34. The van der Waals surface area contributed by atoms with Gasteiger partial charge >= 0.3 is 0 Å². The van der Waals surface area contributed by atoms with Crippen molar-refractivity contribution in [3.8, 4) is 5.75 Å². The fraction of sp³-hybridized carbons (Fsp3) is 0.600. The number of sulfonamides is 1. The van der Waals surface area contributed by atoms with E-state index >= 15 is 0 Å². The van der Waals surface area contributed by atoms with Gasteiger partial charge in [0.05, 0.1) is 11.5 Å². The highest BCUT2D eigenvalue weighted by Crippen LogP contribution is 2.22. The molecule has 0 spiro atoms. The first kappa shape index (κ1) is 17.2. The van der Waals surface area contributed by atoms with Crippen LogP contribution in [0, 0.1) is 0 Å². The van der Waals surface area contributed by atoms with Gasteiger partial charge in [-0.15, -0.1) is 0 Å². The van der Waals surface area contributed by atoms with Crippen LogP contribution >= 0.6 is 0 Å². The molecule has 0 amide bonds. The van der Waals surface area contributed by atoms with Crippen molar-refractivity contribution in [2.75, 3.05) is 32.9 Å². The third-order valence-corrected chi connectivity index (χ3v) is 5.57. The first-order valence-electron chi connectivity index (χ1n) is 7.60. The smallest absolute Gasteiger partial charge is 0.243 e. The number of rotatable bonds is 7. The van der Waals surface area contributed by atoms with Crippen molar-refractivity contribution in [1.29, 1.82) is 0 Å². The molecule has 0 unspecified atom stereocenters. The van der Waals surface area contributed by atoms with Gasteiger partial charge in [-0.3, -0.25) is 0 Å². The number of ether oxygens (including phenoxy) is 2. The molecule has 2 rings (SSSR count). The normalized spacial score (nSPS) is 17.5. The minimum atomic E-state index is -3.43. The summed E-state index contributed by atoms with van der Waals surface area (Å²) in [4.78, 5) is 0.292. The topological polar surface area (TPSA) is 81.9 Å². The van der Waals surface area contributed by atoms with Crippen molar-refractivity contribution in [1.82, 2.24) is 4.31 Å². The van der Waals surface area contributed by atoms with E-state index in [4.69, 9.17) is 15.2 Å². The van der Waals surface area contributed by atoms with E-state index in [0.717, 1.165) is 0 Å². The molecule has 0 bridgehead atoms. The lowest BCUT2D eigenvalue weighted by Gasteiger charge is -2.29. The number of hydrogen-bond donors (Lipinski definition) is 1. The maximum atomic E-state index is 12.5. The van der Waals surface area contributed by atoms with Crippen molar-refractivity contribution in [3.05, 3.63) is 24.3 Å². The summed E-state index contributed by atoms with van der Waals surface area (Å²) < 4.78 is 37.2. The van der Waals surface area contributed by atoms with Crippen molar-refractivity contribution >= 4 is 10.0 Å². The first-order valence-corrected chi connectivity index (χ1v) is 9.04. The van der Waals surface area contributed by atoms with Gasteiger partial charge in [-0.25, -0.2) is 8.42 Å². The fourth-order valence-corrected chi connectivity index (χ4v) is 3.81. The van der Waals surface area contributed by atoms with Crippen LogP contribution < -0.4 is 10.5 Å². The lowest BCUT2D eigenvalue weighted by molar-refractivity contribution is 0.110. The molecule has 2 N–H and O–H groups in total. The average molecular weight is 328 g/mol. The summed E-state index contributed by atoms with van der Waals surface area (Å²) in [5, 5.41) is 0. The van der Waals surface area contributed by atoms with Gasteiger partial charge in [0.1, 0.15) is 12.4 Å². The minimum absolute atomic E-state index is 0.104. The van der Waals surface area contributed by atoms with Gasteiger partial charge in [0.25, 0.3) is 0 Å². The summed E-state index contributed by atoms with van der Waals surface area (Å²) in [5.74, 6) is 0.638. The summed E-state index contributed by atoms with van der Waals surface area (Å²) in [5.41, 5.74) is 5.82. The van der Waals surface area contributed by atoms with Crippen LogP contribution in [0.25, 0.3) is 0 Å². The second-order valence-corrected chi connectivity index (χ2v) is 7.20. The molecule has 6 nitrogen and oxygen atoms in total. The Kier molecular flexibility index (Phi) is 6.19. The van der Waals surface area contributed by atoms with Crippen LogP contribution in [0.5, 0.6) is 5.75 Å². The van der Waals surface area contributed by atoms with Gasteiger partial charge in [-0.05, 0) is 44.0 Å². The highest BCUT2D eigenvalue weighted by Gasteiger charge is 2.28. The molecule has 7 heteroatoms. The Balaban J connectivity index is 1.96. The van der Waals surface area contributed by atoms with Crippen molar-refractivity contribution in [3.63, 3.8) is 0 Å². The molecule has 1 saturated heterocycles. The van der Waals surface area contributed by atoms with E-state index in [2.05, 4.69) is 0 Å². The molecular weight excluding hydrogens is 304 g/mol. The molecule has 0 aliphatic carbocycles. The molecule has 0 atom stereocenters. The Bertz CT molecular complexity index is 551. The summed E-state index contributed by atoms with van der Waals surface area (Å²) >= 11 is 0. The predicted molar refractivity (Wildman–Crippen MR) is 84.4 cm³/mol. The number of benzene rings is 1. The molecule has 22 heavy (non-hydrogen) atoms. The van der Waals surface area contributed by atoms with Crippen molar-refractivity contribution in [2.45, 2.75) is 30.7 Å². The van der Waals surface area contributed by atoms with E-state index in [1.54, 1.807) is 24.3 Å². The summed E-state index contributed by atoms with van der Waals surface area (Å²) in [7, 11) is -3.43. The van der Waals surface area contributed by atoms with Crippen LogP contribution in [0.2, 0.25) is 0 Å². The summed E-state index contributed by atoms with van der Waals surface area (Å²) in [6, 6.07) is 6.62. The second-order valence-electron chi connectivity index (χ2n) is 5.26.